The first-order chi connectivity index (χ1) is 10.1. The fraction of sp³-hybridized carbons (Fsp3) is 0.467. The number of likely N-dealkylation sites (tertiary alicyclic amines) is 1. The van der Waals surface area contributed by atoms with Crippen molar-refractivity contribution in [2.24, 2.45) is 0 Å². The standard InChI is InChI=1S/C15H20N2O4/c18-14(10-21-11-15(19)20)16-13-5-3-4-12(8-13)9-17-6-1-2-7-17/h3-5,8H,1-2,6-7,9-11H2,(H,16,18)(H,19,20). The first-order valence-corrected chi connectivity index (χ1v) is 7.04. The van der Waals surface area contributed by atoms with Crippen LogP contribution in [0.2, 0.25) is 0 Å². The Balaban J connectivity index is 1.82. The Kier molecular flexibility index (Phi) is 5.71. The van der Waals surface area contributed by atoms with E-state index < -0.39 is 12.6 Å². The molecule has 0 radical (unpaired) electrons. The number of carboxylic acids is 1. The zero-order valence-electron chi connectivity index (χ0n) is 11.9. The normalized spacial score (nSPS) is 15.0. The van der Waals surface area contributed by atoms with Gasteiger partial charge in [-0.05, 0) is 43.6 Å². The van der Waals surface area contributed by atoms with Crippen LogP contribution in [0.4, 0.5) is 5.69 Å². The number of anilines is 1. The van der Waals surface area contributed by atoms with Gasteiger partial charge in [-0.25, -0.2) is 4.79 Å². The van der Waals surface area contributed by atoms with Gasteiger partial charge in [-0.15, -0.1) is 0 Å². The predicted octanol–water partition coefficient (Wildman–Crippen LogP) is 1.32. The molecule has 1 amide bonds. The molecule has 6 nitrogen and oxygen atoms in total. The van der Waals surface area contributed by atoms with Gasteiger partial charge in [-0.2, -0.15) is 0 Å². The lowest BCUT2D eigenvalue weighted by atomic mass is 10.2. The predicted molar refractivity (Wildman–Crippen MR) is 78.0 cm³/mol. The highest BCUT2D eigenvalue weighted by Crippen LogP contribution is 2.16. The van der Waals surface area contributed by atoms with Crippen molar-refractivity contribution in [3.05, 3.63) is 29.8 Å². The van der Waals surface area contributed by atoms with E-state index in [1.54, 1.807) is 0 Å². The van der Waals surface area contributed by atoms with Crippen LogP contribution in [0.5, 0.6) is 0 Å². The number of carbonyl (C=O) groups is 2. The number of hydrogen-bond donors (Lipinski definition) is 2. The van der Waals surface area contributed by atoms with Crippen molar-refractivity contribution in [1.29, 1.82) is 0 Å². The van der Waals surface area contributed by atoms with Crippen molar-refractivity contribution in [2.45, 2.75) is 19.4 Å². The number of nitrogens with zero attached hydrogens (tertiary/aromatic N) is 1. The summed E-state index contributed by atoms with van der Waals surface area (Å²) in [6.07, 6.45) is 2.49. The summed E-state index contributed by atoms with van der Waals surface area (Å²) in [5.74, 6) is -1.44. The van der Waals surface area contributed by atoms with Crippen LogP contribution in [-0.2, 0) is 20.9 Å². The first kappa shape index (κ1) is 15.5. The van der Waals surface area contributed by atoms with Gasteiger partial charge in [0, 0.05) is 12.2 Å². The number of carbonyl (C=O) groups excluding carboxylic acids is 1. The van der Waals surface area contributed by atoms with Gasteiger partial charge in [-0.1, -0.05) is 12.1 Å². The summed E-state index contributed by atoms with van der Waals surface area (Å²) in [5, 5.41) is 11.1. The number of ether oxygens (including phenoxy) is 1. The molecule has 0 saturated carbocycles. The van der Waals surface area contributed by atoms with Gasteiger partial charge in [0.05, 0.1) is 0 Å². The minimum absolute atomic E-state index is 0.261. The minimum Gasteiger partial charge on any atom is -0.480 e. The Hall–Kier alpha value is -1.92. The maximum Gasteiger partial charge on any atom is 0.329 e. The second kappa shape index (κ2) is 7.75. The van der Waals surface area contributed by atoms with Gasteiger partial charge in [0.2, 0.25) is 5.91 Å². The van der Waals surface area contributed by atoms with Crippen LogP contribution >= 0.6 is 0 Å². The molecule has 1 aromatic carbocycles. The van der Waals surface area contributed by atoms with Gasteiger partial charge in [0.1, 0.15) is 13.2 Å². The molecule has 2 N–H and O–H groups in total. The number of benzene rings is 1. The van der Waals surface area contributed by atoms with Gasteiger partial charge >= 0.3 is 5.97 Å². The topological polar surface area (TPSA) is 78.9 Å². The fourth-order valence-electron chi connectivity index (χ4n) is 2.37. The average Bonchev–Trinajstić information content (AvgIpc) is 2.91. The second-order valence-electron chi connectivity index (χ2n) is 5.12. The van der Waals surface area contributed by atoms with E-state index in [-0.39, 0.29) is 12.5 Å². The summed E-state index contributed by atoms with van der Waals surface area (Å²) in [7, 11) is 0. The third-order valence-corrected chi connectivity index (χ3v) is 3.27. The summed E-state index contributed by atoms with van der Waals surface area (Å²) in [6.45, 7) is 2.41. The molecule has 0 atom stereocenters. The van der Waals surface area contributed by atoms with Crippen molar-refractivity contribution in [2.75, 3.05) is 31.6 Å². The Morgan fingerprint density at radius 3 is 2.71 bits per heavy atom. The number of aliphatic carboxylic acids is 1. The molecular weight excluding hydrogens is 272 g/mol. The fourth-order valence-corrected chi connectivity index (χ4v) is 2.37. The number of amides is 1. The molecule has 0 aromatic heterocycles. The van der Waals surface area contributed by atoms with E-state index in [1.165, 1.54) is 12.8 Å². The van der Waals surface area contributed by atoms with E-state index in [1.807, 2.05) is 24.3 Å². The first-order valence-electron chi connectivity index (χ1n) is 7.04. The number of hydrogen-bond acceptors (Lipinski definition) is 4. The van der Waals surface area contributed by atoms with E-state index >= 15 is 0 Å². The molecule has 21 heavy (non-hydrogen) atoms. The maximum atomic E-state index is 11.6. The highest BCUT2D eigenvalue weighted by atomic mass is 16.5. The lowest BCUT2D eigenvalue weighted by molar-refractivity contribution is -0.143. The second-order valence-corrected chi connectivity index (χ2v) is 5.12. The van der Waals surface area contributed by atoms with E-state index in [9.17, 15) is 9.59 Å². The van der Waals surface area contributed by atoms with Crippen LogP contribution in [-0.4, -0.2) is 48.2 Å². The van der Waals surface area contributed by atoms with Crippen LogP contribution in [0.15, 0.2) is 24.3 Å². The van der Waals surface area contributed by atoms with Crippen LogP contribution in [0.25, 0.3) is 0 Å². The van der Waals surface area contributed by atoms with Crippen LogP contribution < -0.4 is 5.32 Å². The van der Waals surface area contributed by atoms with Crippen molar-refractivity contribution in [1.82, 2.24) is 4.90 Å². The zero-order valence-corrected chi connectivity index (χ0v) is 11.9. The molecule has 2 rings (SSSR count). The summed E-state index contributed by atoms with van der Waals surface area (Å²) in [5.41, 5.74) is 1.86. The third kappa shape index (κ3) is 5.53. The van der Waals surface area contributed by atoms with Gasteiger partial charge in [0.25, 0.3) is 0 Å². The highest BCUT2D eigenvalue weighted by molar-refractivity contribution is 5.91. The summed E-state index contributed by atoms with van der Waals surface area (Å²) >= 11 is 0. The lowest BCUT2D eigenvalue weighted by Gasteiger charge is -2.15. The molecule has 6 heteroatoms. The molecule has 0 unspecified atom stereocenters. The van der Waals surface area contributed by atoms with Gasteiger partial charge in [0.15, 0.2) is 0 Å². The van der Waals surface area contributed by atoms with Crippen LogP contribution in [0.1, 0.15) is 18.4 Å². The third-order valence-electron chi connectivity index (χ3n) is 3.27. The molecule has 0 aliphatic carbocycles. The van der Waals surface area contributed by atoms with E-state index in [4.69, 9.17) is 9.84 Å². The molecule has 114 valence electrons. The number of nitrogens with one attached hydrogen (secondary N) is 1. The van der Waals surface area contributed by atoms with Crippen molar-refractivity contribution >= 4 is 17.6 Å². The van der Waals surface area contributed by atoms with Crippen LogP contribution in [0.3, 0.4) is 0 Å². The molecular formula is C15H20N2O4. The largest absolute Gasteiger partial charge is 0.480 e. The molecule has 1 saturated heterocycles. The van der Waals surface area contributed by atoms with Gasteiger partial charge < -0.3 is 15.2 Å². The number of rotatable bonds is 7. The molecule has 1 aliphatic heterocycles. The average molecular weight is 292 g/mol. The highest BCUT2D eigenvalue weighted by Gasteiger charge is 2.12. The van der Waals surface area contributed by atoms with Crippen molar-refractivity contribution in [3.63, 3.8) is 0 Å². The lowest BCUT2D eigenvalue weighted by Crippen LogP contribution is -2.21. The molecule has 0 spiro atoms. The molecule has 1 heterocycles. The number of carboxylic acid groups (broad SMARTS) is 1. The molecule has 0 bridgehead atoms. The molecule has 1 aromatic rings. The van der Waals surface area contributed by atoms with E-state index in [2.05, 4.69) is 10.2 Å². The molecule has 1 aliphatic rings. The SMILES string of the molecule is O=C(O)COCC(=O)Nc1cccc(CN2CCCC2)c1. The Labute approximate surface area is 123 Å². The minimum atomic E-state index is -1.09. The quantitative estimate of drug-likeness (QED) is 0.792. The summed E-state index contributed by atoms with van der Waals surface area (Å²) < 4.78 is 4.75. The van der Waals surface area contributed by atoms with E-state index in [0.717, 1.165) is 25.2 Å². The Morgan fingerprint density at radius 2 is 2.00 bits per heavy atom. The van der Waals surface area contributed by atoms with E-state index in [0.29, 0.717) is 5.69 Å². The van der Waals surface area contributed by atoms with Crippen molar-refractivity contribution in [3.8, 4) is 0 Å². The maximum absolute atomic E-state index is 11.6. The van der Waals surface area contributed by atoms with Crippen molar-refractivity contribution < 1.29 is 19.4 Å². The van der Waals surface area contributed by atoms with Gasteiger partial charge in [-0.3, -0.25) is 9.69 Å². The summed E-state index contributed by atoms with van der Waals surface area (Å²) in [4.78, 5) is 24.3. The zero-order chi connectivity index (χ0) is 15.1. The van der Waals surface area contributed by atoms with Crippen LogP contribution in [0, 0.1) is 0 Å². The monoisotopic (exact) mass is 292 g/mol. The smallest absolute Gasteiger partial charge is 0.329 e. The summed E-state index contributed by atoms with van der Waals surface area (Å²) in [6, 6.07) is 7.68. The Morgan fingerprint density at radius 1 is 1.24 bits per heavy atom. The molecule has 1 fully saturated rings. The Bertz CT molecular complexity index is 498.